The lowest BCUT2D eigenvalue weighted by atomic mass is 10.2. The summed E-state index contributed by atoms with van der Waals surface area (Å²) in [5.41, 5.74) is 1.18. The van der Waals surface area contributed by atoms with Crippen LogP contribution in [0, 0.1) is 18.3 Å². The van der Waals surface area contributed by atoms with Crippen LogP contribution in [0.3, 0.4) is 0 Å². The van der Waals surface area contributed by atoms with Crippen molar-refractivity contribution in [2.45, 2.75) is 6.92 Å². The summed E-state index contributed by atoms with van der Waals surface area (Å²) in [6.07, 6.45) is 0. The molecule has 2 rings (SSSR count). The molecular weight excluding hydrogens is 250 g/mol. The molecule has 90 valence electrons. The van der Waals surface area contributed by atoms with E-state index in [1.807, 2.05) is 6.07 Å². The van der Waals surface area contributed by atoms with E-state index in [0.29, 0.717) is 16.4 Å². The number of aryl methyl sites for hydroxylation is 1. The highest BCUT2D eigenvalue weighted by Gasteiger charge is 2.05. The van der Waals surface area contributed by atoms with Gasteiger partial charge in [-0.05, 0) is 42.8 Å². The van der Waals surface area contributed by atoms with E-state index in [-0.39, 0.29) is 5.56 Å². The van der Waals surface area contributed by atoms with Crippen LogP contribution in [-0.4, -0.2) is 4.98 Å². The van der Waals surface area contributed by atoms with Crippen molar-refractivity contribution in [3.05, 3.63) is 56.8 Å². The van der Waals surface area contributed by atoms with Gasteiger partial charge in [0, 0.05) is 10.7 Å². The Bertz CT molecular complexity index is 668. The Balaban J connectivity index is 2.34. The van der Waals surface area contributed by atoms with Gasteiger partial charge in [-0.25, -0.2) is 0 Å². The molecule has 0 spiro atoms. The van der Waals surface area contributed by atoms with Gasteiger partial charge in [-0.3, -0.25) is 4.79 Å². The highest BCUT2D eigenvalue weighted by molar-refractivity contribution is 6.30. The van der Waals surface area contributed by atoms with Crippen LogP contribution < -0.4 is 10.9 Å². The number of pyridine rings is 1. The van der Waals surface area contributed by atoms with Gasteiger partial charge in [-0.15, -0.1) is 0 Å². The summed E-state index contributed by atoms with van der Waals surface area (Å²) >= 11 is 5.78. The molecule has 18 heavy (non-hydrogen) atoms. The van der Waals surface area contributed by atoms with E-state index in [1.54, 1.807) is 37.3 Å². The average molecular weight is 260 g/mol. The fourth-order valence-corrected chi connectivity index (χ4v) is 1.71. The number of benzene rings is 1. The topological polar surface area (TPSA) is 68.7 Å². The number of aromatic nitrogens is 1. The van der Waals surface area contributed by atoms with Crippen LogP contribution in [0.15, 0.2) is 35.1 Å². The van der Waals surface area contributed by atoms with Crippen LogP contribution in [0.4, 0.5) is 11.5 Å². The van der Waals surface area contributed by atoms with E-state index in [9.17, 15) is 4.79 Å². The molecular formula is C13H10ClN3O. The number of nitrogens with zero attached hydrogens (tertiary/aromatic N) is 1. The number of nitrogens with one attached hydrogen (secondary N) is 2. The molecule has 0 fully saturated rings. The fourth-order valence-electron chi connectivity index (χ4n) is 1.58. The van der Waals surface area contributed by atoms with Gasteiger partial charge < -0.3 is 10.3 Å². The molecule has 0 aliphatic carbocycles. The first-order valence-electron chi connectivity index (χ1n) is 5.27. The largest absolute Gasteiger partial charge is 0.342 e. The molecule has 2 N–H and O–H groups in total. The van der Waals surface area contributed by atoms with Gasteiger partial charge in [-0.2, -0.15) is 5.26 Å². The number of rotatable bonds is 2. The third-order valence-electron chi connectivity index (χ3n) is 2.47. The Labute approximate surface area is 109 Å². The van der Waals surface area contributed by atoms with E-state index in [1.165, 1.54) is 0 Å². The standard InChI is InChI=1S/C13H10ClN3O/c1-8-6-12(17-13(18)11(8)7-15)16-10-4-2-9(14)3-5-10/h2-6H,1H3,(H2,16,17,18). The number of anilines is 2. The van der Waals surface area contributed by atoms with Crippen molar-refractivity contribution < 1.29 is 0 Å². The van der Waals surface area contributed by atoms with Gasteiger partial charge in [0.15, 0.2) is 0 Å². The molecule has 5 heteroatoms. The molecule has 1 aromatic heterocycles. The van der Waals surface area contributed by atoms with Crippen molar-refractivity contribution in [3.8, 4) is 6.07 Å². The Morgan fingerprint density at radius 3 is 2.56 bits per heavy atom. The molecule has 1 heterocycles. The number of hydrogen-bond donors (Lipinski definition) is 2. The summed E-state index contributed by atoms with van der Waals surface area (Å²) < 4.78 is 0. The first-order valence-corrected chi connectivity index (χ1v) is 5.64. The van der Waals surface area contributed by atoms with Crippen molar-refractivity contribution in [2.75, 3.05) is 5.32 Å². The lowest BCUT2D eigenvalue weighted by Gasteiger charge is -2.07. The third-order valence-corrected chi connectivity index (χ3v) is 2.72. The van der Waals surface area contributed by atoms with Gasteiger partial charge in [-0.1, -0.05) is 11.6 Å². The Morgan fingerprint density at radius 1 is 1.33 bits per heavy atom. The zero-order valence-electron chi connectivity index (χ0n) is 9.62. The highest BCUT2D eigenvalue weighted by atomic mass is 35.5. The molecule has 0 amide bonds. The summed E-state index contributed by atoms with van der Waals surface area (Å²) in [5, 5.41) is 12.5. The molecule has 0 saturated carbocycles. The number of aromatic amines is 1. The smallest absolute Gasteiger partial charge is 0.267 e. The Hall–Kier alpha value is -2.25. The van der Waals surface area contributed by atoms with Gasteiger partial charge in [0.1, 0.15) is 17.5 Å². The minimum absolute atomic E-state index is 0.136. The van der Waals surface area contributed by atoms with Crippen LogP contribution in [0.2, 0.25) is 5.02 Å². The number of halogens is 1. The average Bonchev–Trinajstić information content (AvgIpc) is 2.32. The maximum absolute atomic E-state index is 11.6. The predicted octanol–water partition coefficient (Wildman–Crippen LogP) is 2.95. The van der Waals surface area contributed by atoms with E-state index in [4.69, 9.17) is 16.9 Å². The maximum Gasteiger partial charge on any atom is 0.267 e. The minimum Gasteiger partial charge on any atom is -0.342 e. The minimum atomic E-state index is -0.394. The maximum atomic E-state index is 11.6. The van der Waals surface area contributed by atoms with Crippen LogP contribution in [0.1, 0.15) is 11.1 Å². The number of nitriles is 1. The van der Waals surface area contributed by atoms with E-state index >= 15 is 0 Å². The summed E-state index contributed by atoms with van der Waals surface area (Å²) in [7, 11) is 0. The lowest BCUT2D eigenvalue weighted by molar-refractivity contribution is 1.18. The van der Waals surface area contributed by atoms with Crippen molar-refractivity contribution >= 4 is 23.1 Å². The first-order chi connectivity index (χ1) is 8.60. The third kappa shape index (κ3) is 2.53. The number of hydrogen-bond acceptors (Lipinski definition) is 3. The van der Waals surface area contributed by atoms with Crippen molar-refractivity contribution in [1.29, 1.82) is 5.26 Å². The van der Waals surface area contributed by atoms with E-state index < -0.39 is 5.56 Å². The summed E-state index contributed by atoms with van der Waals surface area (Å²) in [6, 6.07) is 10.7. The van der Waals surface area contributed by atoms with Crippen molar-refractivity contribution in [1.82, 2.24) is 4.98 Å². The summed E-state index contributed by atoms with van der Waals surface area (Å²) in [4.78, 5) is 14.2. The van der Waals surface area contributed by atoms with Crippen LogP contribution >= 0.6 is 11.6 Å². The molecule has 0 saturated heterocycles. The molecule has 0 bridgehead atoms. The molecule has 4 nitrogen and oxygen atoms in total. The highest BCUT2D eigenvalue weighted by Crippen LogP contribution is 2.17. The monoisotopic (exact) mass is 259 g/mol. The van der Waals surface area contributed by atoms with Gasteiger partial charge >= 0.3 is 0 Å². The number of H-pyrrole nitrogens is 1. The molecule has 0 radical (unpaired) electrons. The molecule has 0 aliphatic rings. The van der Waals surface area contributed by atoms with Crippen LogP contribution in [-0.2, 0) is 0 Å². The molecule has 2 aromatic rings. The Morgan fingerprint density at radius 2 is 2.00 bits per heavy atom. The molecule has 1 aromatic carbocycles. The predicted molar refractivity (Wildman–Crippen MR) is 71.2 cm³/mol. The fraction of sp³-hybridized carbons (Fsp3) is 0.0769. The Kier molecular flexibility index (Phi) is 3.35. The lowest BCUT2D eigenvalue weighted by Crippen LogP contribution is -2.13. The van der Waals surface area contributed by atoms with E-state index in [2.05, 4.69) is 10.3 Å². The van der Waals surface area contributed by atoms with Crippen LogP contribution in [0.25, 0.3) is 0 Å². The summed E-state index contributed by atoms with van der Waals surface area (Å²) in [6.45, 7) is 1.72. The second-order valence-electron chi connectivity index (χ2n) is 3.81. The second kappa shape index (κ2) is 4.94. The molecule has 0 aliphatic heterocycles. The van der Waals surface area contributed by atoms with Gasteiger partial charge in [0.25, 0.3) is 5.56 Å². The van der Waals surface area contributed by atoms with Crippen molar-refractivity contribution in [2.24, 2.45) is 0 Å². The van der Waals surface area contributed by atoms with E-state index in [0.717, 1.165) is 5.69 Å². The summed E-state index contributed by atoms with van der Waals surface area (Å²) in [5.74, 6) is 0.541. The zero-order valence-corrected chi connectivity index (χ0v) is 10.4. The quantitative estimate of drug-likeness (QED) is 0.871. The second-order valence-corrected chi connectivity index (χ2v) is 4.25. The zero-order chi connectivity index (χ0) is 13.1. The van der Waals surface area contributed by atoms with Gasteiger partial charge in [0.2, 0.25) is 0 Å². The van der Waals surface area contributed by atoms with Crippen LogP contribution in [0.5, 0.6) is 0 Å². The molecule has 0 unspecified atom stereocenters. The normalized spacial score (nSPS) is 9.83. The SMILES string of the molecule is Cc1cc(Nc2ccc(Cl)cc2)[nH]c(=O)c1C#N. The van der Waals surface area contributed by atoms with Crippen molar-refractivity contribution in [3.63, 3.8) is 0 Å². The molecule has 0 atom stereocenters. The van der Waals surface area contributed by atoms with Gasteiger partial charge in [0.05, 0.1) is 0 Å². The first kappa shape index (κ1) is 12.2.